The van der Waals surface area contributed by atoms with Crippen LogP contribution in [0, 0.1) is 17.3 Å². The number of carboxylic acid groups (broad SMARTS) is 1. The monoisotopic (exact) mass is 443 g/mol. The van der Waals surface area contributed by atoms with E-state index in [1.54, 1.807) is 12.3 Å². The third-order valence-corrected chi connectivity index (χ3v) is 7.86. The zero-order chi connectivity index (χ0) is 22.7. The van der Waals surface area contributed by atoms with Gasteiger partial charge in [-0.25, -0.2) is 4.79 Å². The summed E-state index contributed by atoms with van der Waals surface area (Å²) in [7, 11) is 0. The molecule has 2 aromatic rings. The van der Waals surface area contributed by atoms with Gasteiger partial charge in [0.15, 0.2) is 0 Å². The Morgan fingerprint density at radius 3 is 2.78 bits per heavy atom. The zero-order valence-corrected chi connectivity index (χ0v) is 17.7. The van der Waals surface area contributed by atoms with Crippen molar-refractivity contribution in [2.75, 3.05) is 0 Å². The quantitative estimate of drug-likeness (QED) is 0.414. The lowest BCUT2D eigenvalue weighted by atomic mass is 9.54. The summed E-state index contributed by atoms with van der Waals surface area (Å²) in [5, 5.41) is 8.88. The molecule has 0 aliphatic heterocycles. The van der Waals surface area contributed by atoms with Crippen LogP contribution in [0.1, 0.15) is 60.8 Å². The number of rotatable bonds is 2. The van der Waals surface area contributed by atoms with E-state index in [0.717, 1.165) is 49.4 Å². The van der Waals surface area contributed by atoms with Gasteiger partial charge in [0.1, 0.15) is 5.75 Å². The first-order valence-electron chi connectivity index (χ1n) is 10.9. The molecule has 3 aliphatic rings. The van der Waals surface area contributed by atoms with E-state index in [0.29, 0.717) is 29.1 Å². The minimum atomic E-state index is -4.41. The summed E-state index contributed by atoms with van der Waals surface area (Å²) in [6, 6.07) is 6.78. The van der Waals surface area contributed by atoms with Gasteiger partial charge in [0.05, 0.1) is 5.56 Å². The molecule has 0 amide bonds. The summed E-state index contributed by atoms with van der Waals surface area (Å²) >= 11 is 0. The Morgan fingerprint density at radius 2 is 2.03 bits per heavy atom. The number of hydrogen-bond acceptors (Lipinski definition) is 3. The van der Waals surface area contributed by atoms with Gasteiger partial charge >= 0.3 is 12.3 Å². The number of halogens is 3. The first-order chi connectivity index (χ1) is 15.2. The third kappa shape index (κ3) is 3.38. The summed E-state index contributed by atoms with van der Waals surface area (Å²) in [5.74, 6) is 1.54. The van der Waals surface area contributed by atoms with Crippen molar-refractivity contribution in [1.82, 2.24) is 4.98 Å². The van der Waals surface area contributed by atoms with E-state index < -0.39 is 17.9 Å². The van der Waals surface area contributed by atoms with Gasteiger partial charge in [0, 0.05) is 12.4 Å². The van der Waals surface area contributed by atoms with Crippen LogP contribution >= 0.6 is 0 Å². The van der Waals surface area contributed by atoms with Gasteiger partial charge < -0.3 is 9.84 Å². The highest BCUT2D eigenvalue weighted by molar-refractivity contribution is 5.73. The maximum atomic E-state index is 13.2. The maximum absolute atomic E-state index is 13.2. The molecular weight excluding hydrogens is 419 g/mol. The molecule has 0 saturated heterocycles. The lowest BCUT2D eigenvalue weighted by Gasteiger charge is -2.50. The average Bonchev–Trinajstić information content (AvgIpc) is 3.09. The SMILES string of the molecule is C[C@]12CC[C@@H]3c4ccc(OC(=O)O)cc4CC[C@H]3[C@@H]1CC=C2c1cncc(C(F)(F)F)c1. The van der Waals surface area contributed by atoms with E-state index in [2.05, 4.69) is 18.0 Å². The first kappa shape index (κ1) is 21.0. The Morgan fingerprint density at radius 1 is 1.22 bits per heavy atom. The summed E-state index contributed by atoms with van der Waals surface area (Å²) < 4.78 is 44.5. The number of fused-ring (bicyclic) bond motifs is 5. The van der Waals surface area contributed by atoms with Gasteiger partial charge in [0.2, 0.25) is 0 Å². The molecule has 0 radical (unpaired) electrons. The molecule has 4 nitrogen and oxygen atoms in total. The van der Waals surface area contributed by atoms with Crippen LogP contribution in [0.2, 0.25) is 0 Å². The Bertz CT molecular complexity index is 1110. The fourth-order valence-corrected chi connectivity index (χ4v) is 6.48. The van der Waals surface area contributed by atoms with Crippen molar-refractivity contribution in [3.8, 4) is 5.75 Å². The topological polar surface area (TPSA) is 59.4 Å². The summed E-state index contributed by atoms with van der Waals surface area (Å²) in [6.07, 6.45) is 3.38. The van der Waals surface area contributed by atoms with Gasteiger partial charge in [-0.3, -0.25) is 4.98 Å². The summed E-state index contributed by atoms with van der Waals surface area (Å²) in [4.78, 5) is 14.7. The van der Waals surface area contributed by atoms with Crippen LogP contribution in [0.5, 0.6) is 5.75 Å². The highest BCUT2D eigenvalue weighted by Crippen LogP contribution is 2.63. The Kier molecular flexibility index (Phi) is 4.84. The molecule has 32 heavy (non-hydrogen) atoms. The van der Waals surface area contributed by atoms with Crippen LogP contribution in [0.15, 0.2) is 42.7 Å². The lowest BCUT2D eigenvalue weighted by molar-refractivity contribution is -0.137. The van der Waals surface area contributed by atoms with Gasteiger partial charge in [-0.05, 0) is 95.7 Å². The molecular formula is C25H24F3NO3. The number of carbonyl (C=O) groups is 1. The molecule has 1 heterocycles. The van der Waals surface area contributed by atoms with Crippen LogP contribution in [0.25, 0.3) is 5.57 Å². The standard InChI is InChI=1S/C25H24F3NO3/c1-24-9-8-19-18-5-3-17(32-23(30)31)11-14(18)2-4-20(19)22(24)7-6-21(24)15-10-16(13-29-12-15)25(26,27)28/h3,5-6,10-13,19-20,22H,2,4,7-9H2,1H3,(H,30,31)/t19-,20-,22+,24-/m1/s1. The first-order valence-corrected chi connectivity index (χ1v) is 10.9. The molecule has 7 heteroatoms. The number of alkyl halides is 3. The van der Waals surface area contributed by atoms with Crippen molar-refractivity contribution < 1.29 is 27.8 Å². The van der Waals surface area contributed by atoms with Gasteiger partial charge in [-0.2, -0.15) is 13.2 Å². The minimum Gasteiger partial charge on any atom is -0.449 e. The average molecular weight is 443 g/mol. The number of benzene rings is 1. The Balaban J connectivity index is 1.42. The fraction of sp³-hybridized carbons (Fsp3) is 0.440. The molecule has 1 N–H and O–H groups in total. The van der Waals surface area contributed by atoms with Crippen molar-refractivity contribution in [3.05, 3.63) is 65.0 Å². The highest BCUT2D eigenvalue weighted by Gasteiger charge is 2.52. The molecule has 0 bridgehead atoms. The second-order valence-electron chi connectivity index (χ2n) is 9.41. The van der Waals surface area contributed by atoms with E-state index in [9.17, 15) is 18.0 Å². The van der Waals surface area contributed by atoms with Gasteiger partial charge in [0.25, 0.3) is 0 Å². The maximum Gasteiger partial charge on any atom is 0.511 e. The number of ether oxygens (including phenoxy) is 1. The van der Waals surface area contributed by atoms with E-state index in [1.165, 1.54) is 11.6 Å². The number of pyridine rings is 1. The lowest BCUT2D eigenvalue weighted by Crippen LogP contribution is -2.40. The predicted octanol–water partition coefficient (Wildman–Crippen LogP) is 6.71. The normalized spacial score (nSPS) is 28.9. The molecule has 0 unspecified atom stereocenters. The van der Waals surface area contributed by atoms with Crippen LogP contribution in [-0.4, -0.2) is 16.2 Å². The van der Waals surface area contributed by atoms with E-state index in [4.69, 9.17) is 9.84 Å². The Labute approximate surface area is 184 Å². The second-order valence-corrected chi connectivity index (χ2v) is 9.41. The molecule has 3 aliphatic carbocycles. The van der Waals surface area contributed by atoms with Crippen molar-refractivity contribution in [1.29, 1.82) is 0 Å². The van der Waals surface area contributed by atoms with Crippen molar-refractivity contribution in [2.45, 2.75) is 51.1 Å². The third-order valence-electron chi connectivity index (χ3n) is 7.86. The molecule has 1 saturated carbocycles. The second kappa shape index (κ2) is 7.36. The van der Waals surface area contributed by atoms with Crippen LogP contribution in [0.3, 0.4) is 0 Å². The fourth-order valence-electron chi connectivity index (χ4n) is 6.48. The number of nitrogens with zero attached hydrogens (tertiary/aromatic N) is 1. The molecule has 4 atom stereocenters. The van der Waals surface area contributed by atoms with Crippen LogP contribution < -0.4 is 4.74 Å². The van der Waals surface area contributed by atoms with Gasteiger partial charge in [-0.15, -0.1) is 0 Å². The Hall–Kier alpha value is -2.83. The molecule has 1 aromatic heterocycles. The van der Waals surface area contributed by atoms with Crippen LogP contribution in [0.4, 0.5) is 18.0 Å². The number of aromatic nitrogens is 1. The number of hydrogen-bond donors (Lipinski definition) is 1. The summed E-state index contributed by atoms with van der Waals surface area (Å²) in [5.41, 5.74) is 3.10. The zero-order valence-electron chi connectivity index (χ0n) is 17.7. The van der Waals surface area contributed by atoms with E-state index >= 15 is 0 Å². The molecule has 1 aromatic carbocycles. The van der Waals surface area contributed by atoms with E-state index in [1.807, 2.05) is 12.1 Å². The minimum absolute atomic E-state index is 0.170. The van der Waals surface area contributed by atoms with Crippen molar-refractivity contribution in [3.63, 3.8) is 0 Å². The molecule has 168 valence electrons. The highest BCUT2D eigenvalue weighted by atomic mass is 19.4. The molecule has 1 fully saturated rings. The predicted molar refractivity (Wildman–Crippen MR) is 112 cm³/mol. The summed E-state index contributed by atoms with van der Waals surface area (Å²) in [6.45, 7) is 2.20. The van der Waals surface area contributed by atoms with Crippen molar-refractivity contribution in [2.24, 2.45) is 17.3 Å². The number of allylic oxidation sites excluding steroid dienone is 2. The largest absolute Gasteiger partial charge is 0.511 e. The molecule has 0 spiro atoms. The van der Waals surface area contributed by atoms with E-state index in [-0.39, 0.29) is 5.41 Å². The van der Waals surface area contributed by atoms with Crippen molar-refractivity contribution >= 4 is 11.7 Å². The molecule has 5 rings (SSSR count). The smallest absolute Gasteiger partial charge is 0.449 e. The van der Waals surface area contributed by atoms with Gasteiger partial charge in [-0.1, -0.05) is 19.1 Å². The van der Waals surface area contributed by atoms with Crippen LogP contribution in [-0.2, 0) is 12.6 Å². The number of aryl methyl sites for hydroxylation is 1.